The highest BCUT2D eigenvalue weighted by Crippen LogP contribution is 2.33. The predicted octanol–water partition coefficient (Wildman–Crippen LogP) is 2.90. The maximum absolute atomic E-state index is 11.8. The van der Waals surface area contributed by atoms with Crippen molar-refractivity contribution in [2.75, 3.05) is 6.61 Å². The molecule has 7 heteroatoms. The minimum absolute atomic E-state index is 0.121. The van der Waals surface area contributed by atoms with Crippen LogP contribution in [-0.4, -0.2) is 35.4 Å². The molecule has 23 heavy (non-hydrogen) atoms. The van der Waals surface area contributed by atoms with Gasteiger partial charge >= 0.3 is 12.1 Å². The molecule has 0 saturated carbocycles. The van der Waals surface area contributed by atoms with E-state index in [0.717, 1.165) is 22.0 Å². The van der Waals surface area contributed by atoms with Gasteiger partial charge in [0, 0.05) is 17.3 Å². The lowest BCUT2D eigenvalue weighted by Crippen LogP contribution is -2.44. The fraction of sp³-hybridized carbons (Fsp3) is 0.500. The van der Waals surface area contributed by atoms with Gasteiger partial charge in [-0.05, 0) is 44.0 Å². The van der Waals surface area contributed by atoms with E-state index in [1.807, 2.05) is 12.1 Å². The second-order valence-electron chi connectivity index (χ2n) is 6.39. The summed E-state index contributed by atoms with van der Waals surface area (Å²) in [5, 5.41) is 11.8. The van der Waals surface area contributed by atoms with E-state index in [-0.39, 0.29) is 6.42 Å². The monoisotopic (exact) mass is 385 g/mol. The molecule has 2 rings (SSSR count). The maximum atomic E-state index is 11.8. The molecule has 126 valence electrons. The van der Waals surface area contributed by atoms with Gasteiger partial charge in [-0.1, -0.05) is 15.9 Å². The third-order valence-corrected chi connectivity index (χ3v) is 3.70. The summed E-state index contributed by atoms with van der Waals surface area (Å²) in [5.41, 5.74) is 1.10. The molecule has 0 bridgehead atoms. The standard InChI is InChI=1S/C16H20BrNO5/c1-16(2,3)23-15(21)18-12(14(19)20)8-10-7-11(17)6-9-4-5-22-13(9)10/h6-7,12H,4-5,8H2,1-3H3,(H,18,21)(H,19,20). The summed E-state index contributed by atoms with van der Waals surface area (Å²) in [4.78, 5) is 23.3. The van der Waals surface area contributed by atoms with Gasteiger partial charge in [-0.25, -0.2) is 9.59 Å². The molecule has 0 fully saturated rings. The van der Waals surface area contributed by atoms with Crippen LogP contribution in [0.25, 0.3) is 0 Å². The lowest BCUT2D eigenvalue weighted by Gasteiger charge is -2.22. The number of alkyl carbamates (subject to hydrolysis) is 1. The van der Waals surface area contributed by atoms with Gasteiger partial charge in [0.1, 0.15) is 17.4 Å². The molecule has 1 aliphatic heterocycles. The molecule has 0 aromatic heterocycles. The minimum Gasteiger partial charge on any atom is -0.493 e. The number of amides is 1. The van der Waals surface area contributed by atoms with E-state index in [2.05, 4.69) is 21.2 Å². The number of hydrogen-bond donors (Lipinski definition) is 2. The molecule has 0 spiro atoms. The van der Waals surface area contributed by atoms with Crippen LogP contribution < -0.4 is 10.1 Å². The molecule has 2 N–H and O–H groups in total. The highest BCUT2D eigenvalue weighted by molar-refractivity contribution is 9.10. The number of ether oxygens (including phenoxy) is 2. The van der Waals surface area contributed by atoms with Crippen molar-refractivity contribution in [1.29, 1.82) is 0 Å². The number of aliphatic carboxylic acids is 1. The third kappa shape index (κ3) is 4.86. The fourth-order valence-electron chi connectivity index (χ4n) is 2.37. The Kier molecular flexibility index (Phi) is 5.19. The second-order valence-corrected chi connectivity index (χ2v) is 7.31. The molecule has 1 aromatic carbocycles. The highest BCUT2D eigenvalue weighted by Gasteiger charge is 2.27. The highest BCUT2D eigenvalue weighted by atomic mass is 79.9. The van der Waals surface area contributed by atoms with Crippen LogP contribution in [0.4, 0.5) is 4.79 Å². The van der Waals surface area contributed by atoms with E-state index in [9.17, 15) is 14.7 Å². The fourth-order valence-corrected chi connectivity index (χ4v) is 2.92. The summed E-state index contributed by atoms with van der Waals surface area (Å²) in [5.74, 6) is -0.409. The Balaban J connectivity index is 2.15. The summed E-state index contributed by atoms with van der Waals surface area (Å²) in [6.07, 6.45) is 0.160. The number of carbonyl (C=O) groups excluding carboxylic acids is 1. The lowest BCUT2D eigenvalue weighted by atomic mass is 10.0. The third-order valence-electron chi connectivity index (χ3n) is 3.24. The zero-order valence-corrected chi connectivity index (χ0v) is 14.9. The molecule has 1 aromatic rings. The first kappa shape index (κ1) is 17.6. The number of halogens is 1. The number of rotatable bonds is 4. The summed E-state index contributed by atoms with van der Waals surface area (Å²) in [6, 6.07) is 2.69. The van der Waals surface area contributed by atoms with Gasteiger partial charge in [0.05, 0.1) is 6.61 Å². The molecule has 0 radical (unpaired) electrons. The molecule has 0 saturated heterocycles. The van der Waals surface area contributed by atoms with E-state index in [0.29, 0.717) is 12.4 Å². The van der Waals surface area contributed by atoms with Crippen molar-refractivity contribution in [2.45, 2.75) is 45.3 Å². The van der Waals surface area contributed by atoms with Gasteiger partial charge in [0.25, 0.3) is 0 Å². The molecule has 0 aliphatic carbocycles. The van der Waals surface area contributed by atoms with E-state index in [1.165, 1.54) is 0 Å². The number of nitrogens with one attached hydrogen (secondary N) is 1. The Morgan fingerprint density at radius 2 is 2.13 bits per heavy atom. The normalized spacial score (nSPS) is 14.6. The predicted molar refractivity (Wildman–Crippen MR) is 87.8 cm³/mol. The average Bonchev–Trinajstić information content (AvgIpc) is 2.83. The van der Waals surface area contributed by atoms with Crippen molar-refractivity contribution in [3.05, 3.63) is 27.7 Å². The lowest BCUT2D eigenvalue weighted by molar-refractivity contribution is -0.139. The maximum Gasteiger partial charge on any atom is 0.408 e. The Labute approximate surface area is 143 Å². The Morgan fingerprint density at radius 1 is 1.43 bits per heavy atom. The number of carbonyl (C=O) groups is 2. The van der Waals surface area contributed by atoms with Crippen LogP contribution in [0.1, 0.15) is 31.9 Å². The van der Waals surface area contributed by atoms with Crippen molar-refractivity contribution in [3.63, 3.8) is 0 Å². The molecule has 6 nitrogen and oxygen atoms in total. The average molecular weight is 386 g/mol. The Bertz CT molecular complexity index is 624. The smallest absolute Gasteiger partial charge is 0.408 e. The zero-order chi connectivity index (χ0) is 17.2. The quantitative estimate of drug-likeness (QED) is 0.831. The number of carboxylic acids is 1. The van der Waals surface area contributed by atoms with Gasteiger partial charge in [0.2, 0.25) is 0 Å². The first-order valence-electron chi connectivity index (χ1n) is 7.32. The van der Waals surface area contributed by atoms with Crippen LogP contribution >= 0.6 is 15.9 Å². The zero-order valence-electron chi connectivity index (χ0n) is 13.3. The van der Waals surface area contributed by atoms with Crippen molar-refractivity contribution >= 4 is 28.0 Å². The van der Waals surface area contributed by atoms with Crippen LogP contribution in [-0.2, 0) is 22.4 Å². The van der Waals surface area contributed by atoms with E-state index in [4.69, 9.17) is 9.47 Å². The summed E-state index contributed by atoms with van der Waals surface area (Å²) in [7, 11) is 0. The number of fused-ring (bicyclic) bond motifs is 1. The van der Waals surface area contributed by atoms with Crippen molar-refractivity contribution < 1.29 is 24.2 Å². The van der Waals surface area contributed by atoms with E-state index < -0.39 is 23.7 Å². The van der Waals surface area contributed by atoms with Crippen LogP contribution in [0.3, 0.4) is 0 Å². The molecule has 1 aliphatic rings. The van der Waals surface area contributed by atoms with Gasteiger partial charge in [-0.3, -0.25) is 0 Å². The Morgan fingerprint density at radius 3 is 2.74 bits per heavy atom. The molecule has 1 heterocycles. The van der Waals surface area contributed by atoms with E-state index >= 15 is 0 Å². The summed E-state index contributed by atoms with van der Waals surface area (Å²) in [6.45, 7) is 5.74. The molecular formula is C16H20BrNO5. The van der Waals surface area contributed by atoms with Crippen LogP contribution in [0.2, 0.25) is 0 Å². The van der Waals surface area contributed by atoms with Crippen molar-refractivity contribution in [2.24, 2.45) is 0 Å². The van der Waals surface area contributed by atoms with Crippen LogP contribution in [0.15, 0.2) is 16.6 Å². The van der Waals surface area contributed by atoms with Crippen molar-refractivity contribution in [1.82, 2.24) is 5.32 Å². The van der Waals surface area contributed by atoms with Crippen molar-refractivity contribution in [3.8, 4) is 5.75 Å². The summed E-state index contributed by atoms with van der Waals surface area (Å²) < 4.78 is 11.6. The first-order valence-corrected chi connectivity index (χ1v) is 8.11. The summed E-state index contributed by atoms with van der Waals surface area (Å²) >= 11 is 3.42. The number of benzene rings is 1. The Hall–Kier alpha value is -1.76. The van der Waals surface area contributed by atoms with Crippen LogP contribution in [0.5, 0.6) is 5.75 Å². The number of hydrogen-bond acceptors (Lipinski definition) is 4. The van der Waals surface area contributed by atoms with Gasteiger partial charge in [-0.15, -0.1) is 0 Å². The van der Waals surface area contributed by atoms with Gasteiger partial charge < -0.3 is 19.9 Å². The number of carboxylic acid groups (broad SMARTS) is 1. The van der Waals surface area contributed by atoms with Crippen LogP contribution in [0, 0.1) is 0 Å². The molecular weight excluding hydrogens is 366 g/mol. The second kappa shape index (κ2) is 6.78. The van der Waals surface area contributed by atoms with Gasteiger partial charge in [0.15, 0.2) is 0 Å². The molecule has 1 amide bonds. The molecule has 1 atom stereocenters. The minimum atomic E-state index is -1.12. The SMILES string of the molecule is CC(C)(C)OC(=O)NC(Cc1cc(Br)cc2c1OCC2)C(=O)O. The van der Waals surface area contributed by atoms with Gasteiger partial charge in [-0.2, -0.15) is 0 Å². The first-order chi connectivity index (χ1) is 10.7. The van der Waals surface area contributed by atoms with E-state index in [1.54, 1.807) is 20.8 Å². The molecule has 1 unspecified atom stereocenters. The topological polar surface area (TPSA) is 84.9 Å². The largest absolute Gasteiger partial charge is 0.493 e.